The van der Waals surface area contributed by atoms with Crippen LogP contribution < -0.4 is 10.1 Å². The zero-order chi connectivity index (χ0) is 22.9. The number of alkyl halides is 2. The number of hydrogen-bond acceptors (Lipinski definition) is 7. The normalized spacial score (nSPS) is 17.6. The molecule has 1 aliphatic carbocycles. The Labute approximate surface area is 189 Å². The van der Waals surface area contributed by atoms with Crippen LogP contribution >= 0.6 is 11.6 Å². The Kier molecular flexibility index (Phi) is 6.14. The number of aromatic nitrogens is 2. The lowest BCUT2D eigenvalue weighted by Gasteiger charge is -2.34. The van der Waals surface area contributed by atoms with E-state index in [0.717, 1.165) is 28.9 Å². The third kappa shape index (κ3) is 4.59. The summed E-state index contributed by atoms with van der Waals surface area (Å²) in [5, 5.41) is 21.5. The molecule has 0 saturated heterocycles. The van der Waals surface area contributed by atoms with Gasteiger partial charge in [-0.05, 0) is 24.5 Å². The van der Waals surface area contributed by atoms with Crippen molar-refractivity contribution in [1.29, 1.82) is 10.5 Å². The van der Waals surface area contributed by atoms with Crippen molar-refractivity contribution in [2.24, 2.45) is 0 Å². The van der Waals surface area contributed by atoms with Gasteiger partial charge in [-0.25, -0.2) is 18.7 Å². The zero-order valence-corrected chi connectivity index (χ0v) is 18.2. The third-order valence-electron chi connectivity index (χ3n) is 5.78. The second-order valence-electron chi connectivity index (χ2n) is 8.07. The molecule has 0 unspecified atom stereocenters. The van der Waals surface area contributed by atoms with E-state index >= 15 is 0 Å². The molecule has 2 aliphatic rings. The Morgan fingerprint density at radius 3 is 2.72 bits per heavy atom. The number of halogens is 3. The van der Waals surface area contributed by atoms with Crippen molar-refractivity contribution in [2.45, 2.75) is 51.3 Å². The molecule has 0 bridgehead atoms. The summed E-state index contributed by atoms with van der Waals surface area (Å²) in [6.07, 6.45) is -0.377. The molecule has 2 aromatic heterocycles. The first kappa shape index (κ1) is 22.2. The monoisotopic (exact) mass is 458 g/mol. The molecule has 4 rings (SSSR count). The highest BCUT2D eigenvalue weighted by molar-refractivity contribution is 6.30. The van der Waals surface area contributed by atoms with Crippen LogP contribution in [0.1, 0.15) is 40.8 Å². The van der Waals surface area contributed by atoms with Gasteiger partial charge < -0.3 is 10.1 Å². The van der Waals surface area contributed by atoms with Crippen LogP contribution in [-0.2, 0) is 19.5 Å². The highest BCUT2D eigenvalue weighted by Crippen LogP contribution is 2.39. The molecule has 1 saturated carbocycles. The predicted molar refractivity (Wildman–Crippen MR) is 113 cm³/mol. The summed E-state index contributed by atoms with van der Waals surface area (Å²) in [6.45, 7) is 3.81. The van der Waals surface area contributed by atoms with E-state index in [-0.39, 0.29) is 24.5 Å². The van der Waals surface area contributed by atoms with E-state index in [4.69, 9.17) is 21.6 Å². The molecule has 0 spiro atoms. The SMILES string of the molecule is Cc1nc(OC2CC(F)(F)C2)ccc1CN1CCc2c(NCC#N)nc(Cl)c(C#N)c2C1. The number of anilines is 1. The number of nitrogens with one attached hydrogen (secondary N) is 1. The van der Waals surface area contributed by atoms with Crippen molar-refractivity contribution in [3.8, 4) is 18.0 Å². The van der Waals surface area contributed by atoms with E-state index in [9.17, 15) is 14.0 Å². The molecule has 0 atom stereocenters. The molecule has 2 aromatic rings. The number of pyridine rings is 2. The molecule has 32 heavy (non-hydrogen) atoms. The minimum atomic E-state index is -2.63. The number of aryl methyl sites for hydroxylation is 1. The van der Waals surface area contributed by atoms with Crippen molar-refractivity contribution >= 4 is 17.4 Å². The van der Waals surface area contributed by atoms with Crippen LogP contribution in [0.2, 0.25) is 5.15 Å². The summed E-state index contributed by atoms with van der Waals surface area (Å²) >= 11 is 6.23. The van der Waals surface area contributed by atoms with Crippen molar-refractivity contribution in [2.75, 3.05) is 18.4 Å². The fourth-order valence-electron chi connectivity index (χ4n) is 4.08. The second-order valence-corrected chi connectivity index (χ2v) is 8.42. The number of ether oxygens (including phenoxy) is 1. The number of rotatable bonds is 6. The Hall–Kier alpha value is -3.01. The molecule has 0 amide bonds. The standard InChI is InChI=1S/C22H21ClF2N6O/c1-13-14(2-3-19(29-13)32-15-8-22(24,25)9-15)11-31-7-4-16-18(12-31)17(10-27)20(23)30-21(16)28-6-5-26/h2-3,15H,4,6-9,11-12H2,1H3,(H,28,30). The van der Waals surface area contributed by atoms with E-state index in [1.807, 2.05) is 19.1 Å². The van der Waals surface area contributed by atoms with Gasteiger partial charge in [0.1, 0.15) is 29.7 Å². The maximum absolute atomic E-state index is 13.0. The minimum absolute atomic E-state index is 0.100. The summed E-state index contributed by atoms with van der Waals surface area (Å²) in [6, 6.07) is 7.78. The van der Waals surface area contributed by atoms with Gasteiger partial charge >= 0.3 is 0 Å². The Balaban J connectivity index is 1.48. The van der Waals surface area contributed by atoms with Crippen LogP contribution in [0.5, 0.6) is 5.88 Å². The lowest BCUT2D eigenvalue weighted by atomic mass is 9.91. The molecule has 0 radical (unpaired) electrons. The summed E-state index contributed by atoms with van der Waals surface area (Å²) in [7, 11) is 0. The van der Waals surface area contributed by atoms with Crippen molar-refractivity contribution in [3.63, 3.8) is 0 Å². The first-order valence-corrected chi connectivity index (χ1v) is 10.6. The minimum Gasteiger partial charge on any atom is -0.474 e. The summed E-state index contributed by atoms with van der Waals surface area (Å²) < 4.78 is 31.6. The number of nitrogens with zero attached hydrogens (tertiary/aromatic N) is 5. The van der Waals surface area contributed by atoms with Crippen LogP contribution in [0.4, 0.5) is 14.6 Å². The molecular weight excluding hydrogens is 438 g/mol. The van der Waals surface area contributed by atoms with E-state index in [2.05, 4.69) is 26.3 Å². The van der Waals surface area contributed by atoms with Gasteiger partial charge in [0.15, 0.2) is 0 Å². The van der Waals surface area contributed by atoms with Gasteiger partial charge in [-0.2, -0.15) is 10.5 Å². The fraction of sp³-hybridized carbons (Fsp3) is 0.455. The van der Waals surface area contributed by atoms with Gasteiger partial charge in [-0.3, -0.25) is 4.90 Å². The van der Waals surface area contributed by atoms with Crippen molar-refractivity contribution in [3.05, 3.63) is 45.2 Å². The smallest absolute Gasteiger partial charge is 0.255 e. The molecule has 3 heterocycles. The van der Waals surface area contributed by atoms with E-state index in [1.54, 1.807) is 6.07 Å². The average molecular weight is 459 g/mol. The first-order valence-electron chi connectivity index (χ1n) is 10.2. The Morgan fingerprint density at radius 1 is 1.28 bits per heavy atom. The number of nitriles is 2. The Morgan fingerprint density at radius 2 is 2.06 bits per heavy atom. The van der Waals surface area contributed by atoms with Gasteiger partial charge in [-0.15, -0.1) is 0 Å². The first-order chi connectivity index (χ1) is 15.3. The molecular formula is C22H21ClF2N6O. The van der Waals surface area contributed by atoms with Gasteiger partial charge in [0.25, 0.3) is 5.92 Å². The summed E-state index contributed by atoms with van der Waals surface area (Å²) in [5.41, 5.74) is 3.83. The van der Waals surface area contributed by atoms with Crippen LogP contribution in [-0.4, -0.2) is 40.0 Å². The topological polar surface area (TPSA) is 97.9 Å². The molecule has 1 N–H and O–H groups in total. The third-order valence-corrected chi connectivity index (χ3v) is 6.05. The van der Waals surface area contributed by atoms with Gasteiger partial charge in [0, 0.05) is 49.8 Å². The van der Waals surface area contributed by atoms with E-state index in [1.165, 1.54) is 0 Å². The zero-order valence-electron chi connectivity index (χ0n) is 17.5. The number of hydrogen-bond donors (Lipinski definition) is 1. The average Bonchev–Trinajstić information content (AvgIpc) is 2.72. The van der Waals surface area contributed by atoms with Crippen LogP contribution in [0.25, 0.3) is 0 Å². The lowest BCUT2D eigenvalue weighted by Crippen LogP contribution is -2.43. The number of fused-ring (bicyclic) bond motifs is 1. The highest BCUT2D eigenvalue weighted by atomic mass is 35.5. The fourth-order valence-corrected chi connectivity index (χ4v) is 4.32. The van der Waals surface area contributed by atoms with E-state index < -0.39 is 12.0 Å². The van der Waals surface area contributed by atoms with E-state index in [0.29, 0.717) is 36.8 Å². The van der Waals surface area contributed by atoms with Gasteiger partial charge in [0.05, 0.1) is 11.6 Å². The second kappa shape index (κ2) is 8.85. The molecule has 0 aromatic carbocycles. The quantitative estimate of drug-likeness (QED) is 0.516. The van der Waals surface area contributed by atoms with Gasteiger partial charge in [-0.1, -0.05) is 17.7 Å². The largest absolute Gasteiger partial charge is 0.474 e. The molecule has 1 fully saturated rings. The molecule has 1 aliphatic heterocycles. The maximum Gasteiger partial charge on any atom is 0.255 e. The van der Waals surface area contributed by atoms with Gasteiger partial charge in [0.2, 0.25) is 5.88 Å². The lowest BCUT2D eigenvalue weighted by molar-refractivity contribution is -0.135. The maximum atomic E-state index is 13.0. The molecule has 10 heteroatoms. The van der Waals surface area contributed by atoms with Crippen LogP contribution in [0.3, 0.4) is 0 Å². The summed E-state index contributed by atoms with van der Waals surface area (Å²) in [5.74, 6) is -1.73. The van der Waals surface area contributed by atoms with Crippen molar-refractivity contribution in [1.82, 2.24) is 14.9 Å². The predicted octanol–water partition coefficient (Wildman–Crippen LogP) is 3.98. The van der Waals surface area contributed by atoms with Crippen LogP contribution in [0.15, 0.2) is 12.1 Å². The summed E-state index contributed by atoms with van der Waals surface area (Å²) in [4.78, 5) is 10.9. The van der Waals surface area contributed by atoms with Crippen molar-refractivity contribution < 1.29 is 13.5 Å². The highest BCUT2D eigenvalue weighted by Gasteiger charge is 2.47. The van der Waals surface area contributed by atoms with Crippen LogP contribution in [0, 0.1) is 29.6 Å². The molecule has 166 valence electrons. The Bertz CT molecular complexity index is 1120. The molecule has 7 nitrogen and oxygen atoms in total.